The number of amides is 1. The maximum Gasteiger partial charge on any atom is 0.220 e. The molecular formula is C58H95NO18. The van der Waals surface area contributed by atoms with Crippen molar-refractivity contribution in [2.75, 3.05) is 26.4 Å². The first kappa shape index (κ1) is 68.0. The van der Waals surface area contributed by atoms with Gasteiger partial charge in [-0.05, 0) is 77.0 Å². The minimum atomic E-state index is -1.98. The predicted octanol–water partition coefficient (Wildman–Crippen LogP) is 3.81. The van der Waals surface area contributed by atoms with Crippen molar-refractivity contribution in [3.05, 3.63) is 97.2 Å². The van der Waals surface area contributed by atoms with Gasteiger partial charge in [-0.2, -0.15) is 0 Å². The van der Waals surface area contributed by atoms with Crippen molar-refractivity contribution >= 4 is 5.91 Å². The van der Waals surface area contributed by atoms with Crippen LogP contribution >= 0.6 is 0 Å². The predicted molar refractivity (Wildman–Crippen MR) is 290 cm³/mol. The highest BCUT2D eigenvalue weighted by molar-refractivity contribution is 5.76. The van der Waals surface area contributed by atoms with Crippen LogP contribution in [0.2, 0.25) is 0 Å². The Hall–Kier alpha value is -3.29. The first-order chi connectivity index (χ1) is 37.3. The summed E-state index contributed by atoms with van der Waals surface area (Å²) in [4.78, 5) is 13.2. The van der Waals surface area contributed by atoms with E-state index in [0.29, 0.717) is 6.42 Å². The van der Waals surface area contributed by atoms with Gasteiger partial charge >= 0.3 is 0 Å². The third-order valence-corrected chi connectivity index (χ3v) is 13.4. The van der Waals surface area contributed by atoms with Gasteiger partial charge in [-0.1, -0.05) is 143 Å². The summed E-state index contributed by atoms with van der Waals surface area (Å²) in [6.45, 7) is 1.46. The van der Waals surface area contributed by atoms with Crippen molar-refractivity contribution in [3.8, 4) is 0 Å². The molecule has 3 heterocycles. The third kappa shape index (κ3) is 25.4. The molecule has 3 rings (SSSR count). The molecule has 19 heteroatoms. The largest absolute Gasteiger partial charge is 0.394 e. The number of ether oxygens (including phenoxy) is 6. The summed E-state index contributed by atoms with van der Waals surface area (Å²) in [5.74, 6) is -0.319. The average molecular weight is 1090 g/mol. The molecule has 77 heavy (non-hydrogen) atoms. The van der Waals surface area contributed by atoms with Gasteiger partial charge in [-0.15, -0.1) is 0 Å². The van der Waals surface area contributed by atoms with Crippen LogP contribution in [-0.4, -0.2) is 193 Å². The molecule has 17 unspecified atom stereocenters. The van der Waals surface area contributed by atoms with E-state index in [1.165, 1.54) is 0 Å². The van der Waals surface area contributed by atoms with Gasteiger partial charge in [0.25, 0.3) is 0 Å². The molecule has 19 nitrogen and oxygen atoms in total. The number of allylic oxidation sites excluding steroid dienone is 15. The molecular weight excluding hydrogens is 999 g/mol. The van der Waals surface area contributed by atoms with E-state index in [4.69, 9.17) is 28.4 Å². The van der Waals surface area contributed by atoms with Gasteiger partial charge in [0, 0.05) is 6.42 Å². The highest BCUT2D eigenvalue weighted by Gasteiger charge is 2.53. The lowest BCUT2D eigenvalue weighted by Crippen LogP contribution is -2.66. The summed E-state index contributed by atoms with van der Waals surface area (Å²) in [6.07, 6.45) is 22.9. The van der Waals surface area contributed by atoms with Gasteiger partial charge < -0.3 is 89.9 Å². The molecule has 0 aromatic carbocycles. The van der Waals surface area contributed by atoms with Crippen LogP contribution in [0.1, 0.15) is 129 Å². The Balaban J connectivity index is 1.46. The summed E-state index contributed by atoms with van der Waals surface area (Å²) in [5.41, 5.74) is 0. The number of aliphatic hydroxyl groups is 11. The SMILES string of the molecule is CC/C=C\C/C=C\C/C=C\C/C=C\C/C=C\C/C=C\C/C=C\CCCCCC(=O)NC(COC1OC(CO)C(OC2OC(CO)C(OC3OC(CO)C(O)C(O)C3O)C(O)C2O)C(O)C1O)C(O)/C=C/CCCCCCC. The van der Waals surface area contributed by atoms with Crippen LogP contribution in [0, 0.1) is 0 Å². The molecule has 0 aromatic heterocycles. The molecule has 3 aliphatic heterocycles. The highest BCUT2D eigenvalue weighted by Crippen LogP contribution is 2.33. The Morgan fingerprint density at radius 1 is 0.481 bits per heavy atom. The Morgan fingerprint density at radius 2 is 0.896 bits per heavy atom. The van der Waals surface area contributed by atoms with Crippen LogP contribution < -0.4 is 5.32 Å². The van der Waals surface area contributed by atoms with Gasteiger partial charge in [0.2, 0.25) is 5.91 Å². The van der Waals surface area contributed by atoms with E-state index in [1.807, 2.05) is 6.08 Å². The fraction of sp³-hybridized carbons (Fsp3) is 0.707. The lowest BCUT2D eigenvalue weighted by Gasteiger charge is -2.48. The maximum absolute atomic E-state index is 13.2. The minimum Gasteiger partial charge on any atom is -0.394 e. The van der Waals surface area contributed by atoms with Gasteiger partial charge in [0.05, 0.1) is 38.6 Å². The summed E-state index contributed by atoms with van der Waals surface area (Å²) >= 11 is 0. The van der Waals surface area contributed by atoms with Crippen LogP contribution in [0.3, 0.4) is 0 Å². The molecule has 12 N–H and O–H groups in total. The van der Waals surface area contributed by atoms with E-state index in [-0.39, 0.29) is 18.9 Å². The molecule has 0 aliphatic carbocycles. The fourth-order valence-corrected chi connectivity index (χ4v) is 8.75. The molecule has 0 spiro atoms. The zero-order chi connectivity index (χ0) is 56.2. The molecule has 0 bridgehead atoms. The van der Waals surface area contributed by atoms with Gasteiger partial charge in [0.15, 0.2) is 18.9 Å². The van der Waals surface area contributed by atoms with Crippen molar-refractivity contribution in [2.45, 2.75) is 234 Å². The smallest absolute Gasteiger partial charge is 0.220 e. The summed E-state index contributed by atoms with van der Waals surface area (Å²) in [5, 5.41) is 119. The van der Waals surface area contributed by atoms with Crippen LogP contribution in [0.15, 0.2) is 97.2 Å². The van der Waals surface area contributed by atoms with Crippen molar-refractivity contribution in [1.82, 2.24) is 5.32 Å². The molecule has 0 saturated carbocycles. The topological polar surface area (TPSA) is 307 Å². The second kappa shape index (κ2) is 40.8. The zero-order valence-electron chi connectivity index (χ0n) is 45.4. The quantitative estimate of drug-likeness (QED) is 0.0309. The van der Waals surface area contributed by atoms with Crippen LogP contribution in [0.5, 0.6) is 0 Å². The number of hydrogen-bond acceptors (Lipinski definition) is 18. The molecule has 3 fully saturated rings. The number of aliphatic hydroxyl groups excluding tert-OH is 11. The number of rotatable bonds is 38. The van der Waals surface area contributed by atoms with E-state index < -0.39 is 124 Å². The van der Waals surface area contributed by atoms with E-state index in [0.717, 1.165) is 103 Å². The van der Waals surface area contributed by atoms with Crippen LogP contribution in [-0.2, 0) is 33.2 Å². The Bertz CT molecular complexity index is 1780. The Morgan fingerprint density at radius 3 is 1.39 bits per heavy atom. The molecule has 3 saturated heterocycles. The Kier molecular flexibility index (Phi) is 36.0. The van der Waals surface area contributed by atoms with Crippen molar-refractivity contribution in [1.29, 1.82) is 0 Å². The molecule has 17 atom stereocenters. The van der Waals surface area contributed by atoms with Crippen molar-refractivity contribution in [2.24, 2.45) is 0 Å². The number of carbonyl (C=O) groups is 1. The maximum atomic E-state index is 13.2. The summed E-state index contributed by atoms with van der Waals surface area (Å²) in [6, 6.07) is -0.994. The normalized spacial score (nSPS) is 31.5. The highest BCUT2D eigenvalue weighted by atomic mass is 16.8. The number of carbonyl (C=O) groups excluding carboxylic acids is 1. The van der Waals surface area contributed by atoms with Gasteiger partial charge in [-0.25, -0.2) is 0 Å². The lowest BCUT2D eigenvalue weighted by atomic mass is 9.96. The minimum absolute atomic E-state index is 0.195. The monoisotopic (exact) mass is 1090 g/mol. The average Bonchev–Trinajstić information content (AvgIpc) is 3.43. The summed E-state index contributed by atoms with van der Waals surface area (Å²) < 4.78 is 34.0. The zero-order valence-corrected chi connectivity index (χ0v) is 45.4. The molecule has 1 amide bonds. The fourth-order valence-electron chi connectivity index (χ4n) is 8.75. The summed E-state index contributed by atoms with van der Waals surface area (Å²) in [7, 11) is 0. The first-order valence-electron chi connectivity index (χ1n) is 28.0. The number of hydrogen-bond donors (Lipinski definition) is 12. The lowest BCUT2D eigenvalue weighted by molar-refractivity contribution is -0.379. The van der Waals surface area contributed by atoms with Crippen molar-refractivity contribution in [3.63, 3.8) is 0 Å². The molecule has 0 radical (unpaired) electrons. The van der Waals surface area contributed by atoms with Crippen LogP contribution in [0.4, 0.5) is 0 Å². The second-order valence-electron chi connectivity index (χ2n) is 19.7. The first-order valence-corrected chi connectivity index (χ1v) is 28.0. The molecule has 440 valence electrons. The standard InChI is InChI=1S/C58H95NO18/c1-3-5-7-9-11-12-13-14-15-16-17-18-19-20-21-22-23-24-25-26-27-28-30-32-34-36-46(64)59-41(42(63)35-33-31-29-10-8-6-4-2)40-72-56-52(70)49(67)54(44(38-61)74-56)77-58-53(71)50(68)55(45(39-62)75-58)76-57-51(69)48(66)47(65)43(37-60)73-57/h5,7,11-12,14-15,17-18,20-21,23-24,26-27,33,35,41-45,47-58,60-63,65-71H,3-4,6,8-10,13,16,19,22,25,28-32,34,36-40H2,1-2H3,(H,59,64)/b7-5-,12-11-,15-14-,18-17-,21-20-,24-23-,27-26-,35-33+. The van der Waals surface area contributed by atoms with E-state index in [2.05, 4.69) is 104 Å². The number of nitrogens with one attached hydrogen (secondary N) is 1. The van der Waals surface area contributed by atoms with E-state index in [9.17, 15) is 61.0 Å². The van der Waals surface area contributed by atoms with Gasteiger partial charge in [-0.3, -0.25) is 4.79 Å². The third-order valence-electron chi connectivity index (χ3n) is 13.4. The van der Waals surface area contributed by atoms with Gasteiger partial charge in [0.1, 0.15) is 73.2 Å². The molecule has 0 aromatic rings. The molecule has 3 aliphatic rings. The second-order valence-corrected chi connectivity index (χ2v) is 19.7. The van der Waals surface area contributed by atoms with E-state index >= 15 is 0 Å². The van der Waals surface area contributed by atoms with Crippen molar-refractivity contribution < 1.29 is 89.4 Å². The van der Waals surface area contributed by atoms with Crippen LogP contribution in [0.25, 0.3) is 0 Å². The van der Waals surface area contributed by atoms with E-state index in [1.54, 1.807) is 6.08 Å². The number of unbranched alkanes of at least 4 members (excludes halogenated alkanes) is 8. The Labute approximate surface area is 456 Å².